The van der Waals surface area contributed by atoms with Crippen LogP contribution >= 0.6 is 0 Å². The zero-order valence-corrected chi connectivity index (χ0v) is 17.3. The normalized spacial score (nSPS) is 12.0. The van der Waals surface area contributed by atoms with E-state index in [0.29, 0.717) is 32.5 Å². The molecular weight excluding hydrogens is 430 g/mol. The number of amides is 2. The van der Waals surface area contributed by atoms with Gasteiger partial charge in [-0.05, 0) is 40.0 Å². The Balaban J connectivity index is 1.50. The van der Waals surface area contributed by atoms with Crippen molar-refractivity contribution in [3.05, 3.63) is 75.9 Å². The second kappa shape index (κ2) is 7.75. The van der Waals surface area contributed by atoms with E-state index in [1.165, 1.54) is 6.92 Å². The highest BCUT2D eigenvalue weighted by atomic mass is 16.8. The van der Waals surface area contributed by atoms with Gasteiger partial charge in [0.2, 0.25) is 11.6 Å². The van der Waals surface area contributed by atoms with Crippen molar-refractivity contribution in [1.82, 2.24) is 15.1 Å². The first kappa shape index (κ1) is 20.2. The maximum Gasteiger partial charge on any atom is 0.303 e. The summed E-state index contributed by atoms with van der Waals surface area (Å²) in [5.41, 5.74) is 2.53. The van der Waals surface area contributed by atoms with Crippen LogP contribution in [0, 0.1) is 10.4 Å². The van der Waals surface area contributed by atoms with Gasteiger partial charge in [0.15, 0.2) is 5.69 Å². The Bertz CT molecular complexity index is 1410. The number of para-hydroxylation sites is 1. The molecule has 0 unspecified atom stereocenters. The van der Waals surface area contributed by atoms with Crippen LogP contribution < -0.4 is 20.4 Å². The van der Waals surface area contributed by atoms with Crippen molar-refractivity contribution in [2.24, 2.45) is 0 Å². The molecule has 2 N–H and O–H groups in total. The molecule has 1 aliphatic carbocycles. The number of hydrogen-bond acceptors (Lipinski definition) is 7. The minimum Gasteiger partial charge on any atom is -0.692 e. The molecule has 5 rings (SSSR count). The molecule has 12 nitrogen and oxygen atoms in total. The fourth-order valence-electron chi connectivity index (χ4n) is 3.76. The van der Waals surface area contributed by atoms with E-state index in [2.05, 4.69) is 25.5 Å². The average molecular weight is 447 g/mol. The van der Waals surface area contributed by atoms with Crippen LogP contribution in [0.25, 0.3) is 17.1 Å². The van der Waals surface area contributed by atoms with E-state index in [9.17, 15) is 20.0 Å². The lowest BCUT2D eigenvalue weighted by molar-refractivity contribution is -0.808. The van der Waals surface area contributed by atoms with Crippen LogP contribution in [-0.4, -0.2) is 26.9 Å². The Hall–Kier alpha value is -4.74. The Labute approximate surface area is 186 Å². The predicted molar refractivity (Wildman–Crippen MR) is 113 cm³/mol. The van der Waals surface area contributed by atoms with Crippen molar-refractivity contribution in [2.75, 3.05) is 10.6 Å². The summed E-state index contributed by atoms with van der Waals surface area (Å²) in [4.78, 5) is 26.3. The number of benzene rings is 2. The molecule has 0 radical (unpaired) electrons. The van der Waals surface area contributed by atoms with Gasteiger partial charge < -0.3 is 21.0 Å². The molecule has 0 saturated carbocycles. The monoisotopic (exact) mass is 447 g/mol. The van der Waals surface area contributed by atoms with E-state index in [1.807, 2.05) is 0 Å². The molecule has 2 heterocycles. The molecule has 1 aliphatic rings. The SMILES string of the molecule is CC(=O)Nc1cccc(NC(=O)c2ccccc2-n2nc3c([n+]2[O-])CCc2c-3no[n+]2[O-])c1. The molecule has 33 heavy (non-hydrogen) atoms. The Morgan fingerprint density at radius 2 is 1.73 bits per heavy atom. The Morgan fingerprint density at radius 1 is 1.00 bits per heavy atom. The van der Waals surface area contributed by atoms with E-state index >= 15 is 0 Å². The molecule has 2 amide bonds. The van der Waals surface area contributed by atoms with E-state index in [-0.39, 0.29) is 41.4 Å². The number of fused-ring (bicyclic) bond motifs is 3. The van der Waals surface area contributed by atoms with Crippen molar-refractivity contribution in [3.8, 4) is 17.1 Å². The molecule has 2 aromatic carbocycles. The van der Waals surface area contributed by atoms with Gasteiger partial charge in [0.25, 0.3) is 5.91 Å². The molecule has 0 aliphatic heterocycles. The lowest BCUT2D eigenvalue weighted by Gasteiger charge is -2.12. The Kier molecular flexibility index (Phi) is 4.74. The average Bonchev–Trinajstić information content (AvgIpc) is 3.33. The van der Waals surface area contributed by atoms with Crippen LogP contribution in [-0.2, 0) is 17.6 Å². The highest BCUT2D eigenvalue weighted by molar-refractivity contribution is 6.07. The number of rotatable bonds is 4. The summed E-state index contributed by atoms with van der Waals surface area (Å²) in [5, 5.41) is 38.2. The van der Waals surface area contributed by atoms with Gasteiger partial charge in [0.05, 0.1) is 15.8 Å². The first-order valence-electron chi connectivity index (χ1n) is 10.0. The van der Waals surface area contributed by atoms with Gasteiger partial charge in [0, 0.05) is 31.1 Å². The third-order valence-electron chi connectivity index (χ3n) is 5.20. The summed E-state index contributed by atoms with van der Waals surface area (Å²) in [6.45, 7) is 1.39. The number of carbonyl (C=O) groups is 2. The van der Waals surface area contributed by atoms with Crippen LogP contribution in [0.15, 0.2) is 53.2 Å². The second-order valence-corrected chi connectivity index (χ2v) is 7.42. The molecule has 0 saturated heterocycles. The molecule has 0 bridgehead atoms. The molecule has 12 heteroatoms. The summed E-state index contributed by atoms with van der Waals surface area (Å²) in [6.07, 6.45) is 0.565. The summed E-state index contributed by atoms with van der Waals surface area (Å²) in [6, 6.07) is 13.2. The van der Waals surface area contributed by atoms with Crippen LogP contribution in [0.4, 0.5) is 11.4 Å². The van der Waals surface area contributed by atoms with Crippen LogP contribution in [0.5, 0.6) is 0 Å². The fraction of sp³-hybridized carbons (Fsp3) is 0.143. The number of hydrogen-bond donors (Lipinski definition) is 2. The quantitative estimate of drug-likeness (QED) is 0.350. The summed E-state index contributed by atoms with van der Waals surface area (Å²) in [5.74, 6) is -0.706. The molecule has 0 atom stereocenters. The molecule has 166 valence electrons. The zero-order valence-electron chi connectivity index (χ0n) is 17.3. The lowest BCUT2D eigenvalue weighted by atomic mass is 10.0. The predicted octanol–water partition coefficient (Wildman–Crippen LogP) is 1.10. The van der Waals surface area contributed by atoms with Gasteiger partial charge in [-0.1, -0.05) is 18.2 Å². The topological polar surface area (TPSA) is 156 Å². The van der Waals surface area contributed by atoms with Gasteiger partial charge in [-0.25, -0.2) is 0 Å². The van der Waals surface area contributed by atoms with E-state index in [4.69, 9.17) is 0 Å². The second-order valence-electron chi connectivity index (χ2n) is 7.42. The van der Waals surface area contributed by atoms with Crippen LogP contribution in [0.2, 0.25) is 0 Å². The first-order chi connectivity index (χ1) is 15.9. The number of nitrogens with one attached hydrogen (secondary N) is 2. The standard InChI is InChI=1S/C21H17N7O5/c1-12(29)22-13-5-4-6-14(11-13)23-21(30)15-7-2-3-8-16(15)26-24-19-17(27(26)31)9-10-18-20(19)25-33-28(18)32/h2-8,11H,9-10H2,1H3,(H,22,29)(H,23,30). The van der Waals surface area contributed by atoms with Gasteiger partial charge in [-0.15, -0.1) is 4.85 Å². The summed E-state index contributed by atoms with van der Waals surface area (Å²) < 4.78 is 4.65. The van der Waals surface area contributed by atoms with Crippen LogP contribution in [0.1, 0.15) is 28.7 Å². The highest BCUT2D eigenvalue weighted by Gasteiger charge is 2.39. The van der Waals surface area contributed by atoms with Crippen molar-refractivity contribution in [2.45, 2.75) is 19.8 Å². The molecule has 0 fully saturated rings. The summed E-state index contributed by atoms with van der Waals surface area (Å²) in [7, 11) is 0. The first-order valence-corrected chi connectivity index (χ1v) is 10.0. The number of nitrogens with zero attached hydrogens (tertiary/aromatic N) is 5. The minimum atomic E-state index is -0.474. The van der Waals surface area contributed by atoms with Crippen molar-refractivity contribution in [3.63, 3.8) is 0 Å². The van der Waals surface area contributed by atoms with Gasteiger partial charge in [-0.2, -0.15) is 0 Å². The molecular formula is C21H17N7O5. The smallest absolute Gasteiger partial charge is 0.303 e. The third kappa shape index (κ3) is 3.52. The van der Waals surface area contributed by atoms with E-state index in [0.717, 1.165) is 4.80 Å². The molecule has 4 aromatic rings. The maximum absolute atomic E-state index is 13.1. The largest absolute Gasteiger partial charge is 0.692 e. The van der Waals surface area contributed by atoms with Gasteiger partial charge >= 0.3 is 11.4 Å². The van der Waals surface area contributed by atoms with Crippen molar-refractivity contribution < 1.29 is 24.0 Å². The molecule has 2 aromatic heterocycles. The minimum absolute atomic E-state index is 0.200. The fourth-order valence-corrected chi connectivity index (χ4v) is 3.76. The third-order valence-corrected chi connectivity index (χ3v) is 5.20. The van der Waals surface area contributed by atoms with Crippen LogP contribution in [0.3, 0.4) is 0 Å². The van der Waals surface area contributed by atoms with Crippen molar-refractivity contribution >= 4 is 23.2 Å². The number of aromatic nitrogens is 5. The molecule has 0 spiro atoms. The Morgan fingerprint density at radius 3 is 2.52 bits per heavy atom. The zero-order chi connectivity index (χ0) is 23.1. The van der Waals surface area contributed by atoms with E-state index < -0.39 is 5.91 Å². The van der Waals surface area contributed by atoms with Crippen molar-refractivity contribution in [1.29, 1.82) is 0 Å². The van der Waals surface area contributed by atoms with Gasteiger partial charge in [-0.3, -0.25) is 14.2 Å². The highest BCUT2D eigenvalue weighted by Crippen LogP contribution is 2.28. The number of carbonyl (C=O) groups excluding carboxylic acids is 2. The lowest BCUT2D eigenvalue weighted by Crippen LogP contribution is -2.42. The maximum atomic E-state index is 13.1. The van der Waals surface area contributed by atoms with E-state index in [1.54, 1.807) is 48.5 Å². The number of anilines is 2. The summed E-state index contributed by atoms with van der Waals surface area (Å²) >= 11 is 0. The van der Waals surface area contributed by atoms with Gasteiger partial charge in [0.1, 0.15) is 5.69 Å².